The number of carbonyl (C=O) groups is 1. The predicted octanol–water partition coefficient (Wildman–Crippen LogP) is 6.08. The minimum Gasteiger partial charge on any atom is -0.497 e. The van der Waals surface area contributed by atoms with E-state index in [1.807, 2.05) is 31.2 Å². The molecular weight excluding hydrogens is 326 g/mol. The molecule has 1 rings (SSSR count). The predicted molar refractivity (Wildman–Crippen MR) is 108 cm³/mol. The van der Waals surface area contributed by atoms with Crippen molar-refractivity contribution in [2.24, 2.45) is 5.16 Å². The topological polar surface area (TPSA) is 47.9 Å². The maximum absolute atomic E-state index is 11.7. The molecule has 0 spiro atoms. The van der Waals surface area contributed by atoms with Crippen molar-refractivity contribution in [1.29, 1.82) is 0 Å². The van der Waals surface area contributed by atoms with Gasteiger partial charge < -0.3 is 9.57 Å². The number of hydrogen-bond acceptors (Lipinski definition) is 4. The molecule has 0 atom stereocenters. The largest absolute Gasteiger partial charge is 0.497 e. The summed E-state index contributed by atoms with van der Waals surface area (Å²) in [6.45, 7) is 4.11. The Labute approximate surface area is 159 Å². The van der Waals surface area contributed by atoms with Crippen LogP contribution >= 0.6 is 0 Å². The molecule has 0 unspecified atom stereocenters. The molecule has 0 aliphatic heterocycles. The number of rotatable bonds is 14. The summed E-state index contributed by atoms with van der Waals surface area (Å²) in [5.41, 5.74) is 1.90. The lowest BCUT2D eigenvalue weighted by molar-refractivity contribution is -0.143. The van der Waals surface area contributed by atoms with E-state index in [2.05, 4.69) is 12.1 Å². The van der Waals surface area contributed by atoms with Gasteiger partial charge in [-0.05, 0) is 31.0 Å². The molecule has 0 fully saturated rings. The highest BCUT2D eigenvalue weighted by molar-refractivity contribution is 5.84. The van der Waals surface area contributed by atoms with Gasteiger partial charge in [-0.1, -0.05) is 75.6 Å². The van der Waals surface area contributed by atoms with Crippen LogP contribution in [0.1, 0.15) is 83.6 Å². The maximum atomic E-state index is 11.7. The molecule has 0 saturated heterocycles. The zero-order valence-electron chi connectivity index (χ0n) is 16.8. The summed E-state index contributed by atoms with van der Waals surface area (Å²) in [7, 11) is 1.65. The van der Waals surface area contributed by atoms with Gasteiger partial charge in [0.25, 0.3) is 0 Å². The molecule has 0 radical (unpaired) electrons. The Kier molecular flexibility index (Phi) is 12.2. The summed E-state index contributed by atoms with van der Waals surface area (Å²) in [4.78, 5) is 16.8. The number of nitrogens with zero attached hydrogens (tertiary/aromatic N) is 1. The zero-order valence-corrected chi connectivity index (χ0v) is 16.8. The molecular formula is C22H35NO3. The molecule has 0 aliphatic rings. The van der Waals surface area contributed by atoms with Gasteiger partial charge in [-0.15, -0.1) is 0 Å². The van der Waals surface area contributed by atoms with E-state index in [0.29, 0.717) is 12.8 Å². The average molecular weight is 362 g/mol. The first-order valence-electron chi connectivity index (χ1n) is 10.0. The van der Waals surface area contributed by atoms with Gasteiger partial charge in [-0.3, -0.25) is 0 Å². The second-order valence-corrected chi connectivity index (χ2v) is 6.89. The first-order chi connectivity index (χ1) is 12.7. The Morgan fingerprint density at radius 3 is 2.08 bits per heavy atom. The molecule has 0 saturated carbocycles. The van der Waals surface area contributed by atoms with Gasteiger partial charge in [0.2, 0.25) is 0 Å². The summed E-state index contributed by atoms with van der Waals surface area (Å²) in [5, 5.41) is 3.95. The molecule has 146 valence electrons. The lowest BCUT2D eigenvalue weighted by atomic mass is 10.1. The second-order valence-electron chi connectivity index (χ2n) is 6.89. The van der Waals surface area contributed by atoms with E-state index < -0.39 is 0 Å². The third-order valence-corrected chi connectivity index (χ3v) is 4.41. The van der Waals surface area contributed by atoms with Crippen molar-refractivity contribution < 1.29 is 14.4 Å². The third kappa shape index (κ3) is 10.9. The van der Waals surface area contributed by atoms with E-state index >= 15 is 0 Å². The van der Waals surface area contributed by atoms with Crippen LogP contribution in [0.2, 0.25) is 0 Å². The van der Waals surface area contributed by atoms with E-state index in [9.17, 15) is 4.79 Å². The summed E-state index contributed by atoms with van der Waals surface area (Å²) in [6, 6.07) is 7.81. The van der Waals surface area contributed by atoms with E-state index in [1.165, 1.54) is 44.9 Å². The van der Waals surface area contributed by atoms with Crippen molar-refractivity contribution in [3.63, 3.8) is 0 Å². The fourth-order valence-corrected chi connectivity index (χ4v) is 2.83. The second kappa shape index (κ2) is 14.3. The van der Waals surface area contributed by atoms with Gasteiger partial charge in [0.15, 0.2) is 0 Å². The Morgan fingerprint density at radius 1 is 0.923 bits per heavy atom. The molecule has 1 aromatic carbocycles. The Bertz CT molecular complexity index is 523. The highest BCUT2D eigenvalue weighted by atomic mass is 16.7. The standard InChI is InChI=1S/C22H35NO3/c1-4-5-6-7-8-9-10-11-12-13-22(24)26-23-19(2)18-20-14-16-21(25-3)17-15-20/h14-17H,4-13,18H2,1-3H3/b23-19+. The molecule has 1 aromatic rings. The minimum atomic E-state index is -0.234. The van der Waals surface area contributed by atoms with E-state index in [0.717, 1.165) is 29.9 Å². The van der Waals surface area contributed by atoms with Gasteiger partial charge in [0.1, 0.15) is 5.75 Å². The highest BCUT2D eigenvalue weighted by Crippen LogP contribution is 2.13. The Morgan fingerprint density at radius 2 is 1.50 bits per heavy atom. The molecule has 4 nitrogen and oxygen atoms in total. The molecule has 0 N–H and O–H groups in total. The van der Waals surface area contributed by atoms with Crippen LogP contribution in [-0.2, 0) is 16.1 Å². The molecule has 0 bridgehead atoms. The van der Waals surface area contributed by atoms with E-state index in [-0.39, 0.29) is 5.97 Å². The summed E-state index contributed by atoms with van der Waals surface area (Å²) in [6.07, 6.45) is 12.3. The van der Waals surface area contributed by atoms with Crippen LogP contribution in [0.5, 0.6) is 5.75 Å². The fraction of sp³-hybridized carbons (Fsp3) is 0.636. The molecule has 4 heteroatoms. The molecule has 0 aliphatic carbocycles. The van der Waals surface area contributed by atoms with Crippen LogP contribution in [0.4, 0.5) is 0 Å². The SMILES string of the molecule is CCCCCCCCCCCC(=O)O/N=C(\C)Cc1ccc(OC)cc1. The van der Waals surface area contributed by atoms with Gasteiger partial charge in [0.05, 0.1) is 12.8 Å². The first-order valence-corrected chi connectivity index (χ1v) is 10.0. The van der Waals surface area contributed by atoms with Crippen LogP contribution in [0.15, 0.2) is 29.4 Å². The normalized spacial score (nSPS) is 11.4. The van der Waals surface area contributed by atoms with E-state index in [4.69, 9.17) is 9.57 Å². The van der Waals surface area contributed by atoms with Gasteiger partial charge in [-0.25, -0.2) is 4.79 Å². The van der Waals surface area contributed by atoms with Crippen LogP contribution in [0.3, 0.4) is 0 Å². The average Bonchev–Trinajstić information content (AvgIpc) is 2.65. The number of unbranched alkanes of at least 4 members (excludes halogenated alkanes) is 8. The van der Waals surface area contributed by atoms with Gasteiger partial charge in [-0.2, -0.15) is 0 Å². The Balaban J connectivity index is 2.09. The number of oxime groups is 1. The summed E-state index contributed by atoms with van der Waals surface area (Å²) >= 11 is 0. The van der Waals surface area contributed by atoms with E-state index in [1.54, 1.807) is 7.11 Å². The lowest BCUT2D eigenvalue weighted by Crippen LogP contribution is -2.04. The number of ether oxygens (including phenoxy) is 1. The lowest BCUT2D eigenvalue weighted by Gasteiger charge is -2.04. The van der Waals surface area contributed by atoms with Crippen LogP contribution < -0.4 is 4.74 Å². The Hall–Kier alpha value is -1.84. The number of hydrogen-bond donors (Lipinski definition) is 0. The van der Waals surface area contributed by atoms with Crippen molar-refractivity contribution in [3.8, 4) is 5.75 Å². The third-order valence-electron chi connectivity index (χ3n) is 4.41. The number of benzene rings is 1. The van der Waals surface area contributed by atoms with Crippen molar-refractivity contribution in [2.75, 3.05) is 7.11 Å². The monoisotopic (exact) mass is 361 g/mol. The molecule has 26 heavy (non-hydrogen) atoms. The fourth-order valence-electron chi connectivity index (χ4n) is 2.83. The zero-order chi connectivity index (χ0) is 19.0. The van der Waals surface area contributed by atoms with Gasteiger partial charge >= 0.3 is 5.97 Å². The first kappa shape index (κ1) is 22.2. The van der Waals surface area contributed by atoms with Crippen LogP contribution in [-0.4, -0.2) is 18.8 Å². The van der Waals surface area contributed by atoms with Crippen molar-refractivity contribution in [2.45, 2.75) is 84.5 Å². The maximum Gasteiger partial charge on any atom is 0.335 e. The van der Waals surface area contributed by atoms with Crippen LogP contribution in [0.25, 0.3) is 0 Å². The highest BCUT2D eigenvalue weighted by Gasteiger charge is 2.04. The quantitative estimate of drug-likeness (QED) is 0.175. The molecule has 0 aromatic heterocycles. The minimum absolute atomic E-state index is 0.234. The molecule has 0 amide bonds. The summed E-state index contributed by atoms with van der Waals surface area (Å²) < 4.78 is 5.14. The van der Waals surface area contributed by atoms with Crippen molar-refractivity contribution in [1.82, 2.24) is 0 Å². The number of carbonyl (C=O) groups excluding carboxylic acids is 1. The molecule has 0 heterocycles. The van der Waals surface area contributed by atoms with Crippen LogP contribution in [0, 0.1) is 0 Å². The number of methoxy groups -OCH3 is 1. The smallest absolute Gasteiger partial charge is 0.335 e. The summed E-state index contributed by atoms with van der Waals surface area (Å²) in [5.74, 6) is 0.595. The van der Waals surface area contributed by atoms with Crippen molar-refractivity contribution in [3.05, 3.63) is 29.8 Å². The van der Waals surface area contributed by atoms with Gasteiger partial charge in [0, 0.05) is 12.8 Å². The van der Waals surface area contributed by atoms with Crippen molar-refractivity contribution >= 4 is 11.7 Å².